The number of pyridine rings is 1. The van der Waals surface area contributed by atoms with Crippen LogP contribution in [0.4, 0.5) is 20.2 Å². The molecule has 3 aromatic rings. The van der Waals surface area contributed by atoms with Gasteiger partial charge in [-0.25, -0.2) is 13.8 Å². The molecule has 1 N–H and O–H groups in total. The van der Waals surface area contributed by atoms with Crippen LogP contribution in [0.5, 0.6) is 0 Å². The molecule has 28 heavy (non-hydrogen) atoms. The lowest BCUT2D eigenvalue weighted by Gasteiger charge is -2.22. The molecule has 0 fully saturated rings. The fraction of sp³-hybridized carbons (Fsp3) is 0.0500. The summed E-state index contributed by atoms with van der Waals surface area (Å²) in [6.45, 7) is -0.373. The summed E-state index contributed by atoms with van der Waals surface area (Å²) < 4.78 is 27.2. The molecule has 2 heterocycles. The molecule has 8 heteroatoms. The van der Waals surface area contributed by atoms with E-state index in [0.29, 0.717) is 16.3 Å². The third-order valence-corrected chi connectivity index (χ3v) is 5.20. The molecule has 5 nitrogen and oxygen atoms in total. The van der Waals surface area contributed by atoms with Crippen molar-refractivity contribution in [3.8, 4) is 0 Å². The average Bonchev–Trinajstić information content (AvgIpc) is 2.80. The van der Waals surface area contributed by atoms with Crippen LogP contribution in [0.15, 0.2) is 70.7 Å². The Balaban J connectivity index is 1.67. The van der Waals surface area contributed by atoms with Crippen LogP contribution in [0, 0.1) is 11.6 Å². The zero-order valence-electron chi connectivity index (χ0n) is 14.4. The molecule has 0 bridgehead atoms. The molecule has 4 rings (SSSR count). The second-order valence-electron chi connectivity index (χ2n) is 5.99. The lowest BCUT2D eigenvalue weighted by molar-refractivity contribution is -0.114. The Morgan fingerprint density at radius 3 is 2.79 bits per heavy atom. The minimum Gasteiger partial charge on any atom is -0.322 e. The Bertz CT molecular complexity index is 1090. The van der Waals surface area contributed by atoms with Crippen molar-refractivity contribution < 1.29 is 18.4 Å². The van der Waals surface area contributed by atoms with Gasteiger partial charge >= 0.3 is 0 Å². The quantitative estimate of drug-likeness (QED) is 0.723. The molecule has 0 radical (unpaired) electrons. The van der Waals surface area contributed by atoms with E-state index < -0.39 is 17.5 Å². The maximum Gasteiger partial charge on any atom is 0.259 e. The van der Waals surface area contributed by atoms with Gasteiger partial charge in [-0.2, -0.15) is 0 Å². The second kappa shape index (κ2) is 7.40. The molecule has 0 saturated carbocycles. The zero-order valence-corrected chi connectivity index (χ0v) is 15.2. The van der Waals surface area contributed by atoms with Gasteiger partial charge in [-0.1, -0.05) is 23.9 Å². The lowest BCUT2D eigenvalue weighted by atomic mass is 10.2. The van der Waals surface area contributed by atoms with Crippen molar-refractivity contribution in [1.82, 2.24) is 4.98 Å². The number of fused-ring (bicyclic) bond motifs is 2. The third-order valence-electron chi connectivity index (χ3n) is 4.12. The molecule has 2 aromatic carbocycles. The number of benzene rings is 2. The highest BCUT2D eigenvalue weighted by molar-refractivity contribution is 7.99. The van der Waals surface area contributed by atoms with Gasteiger partial charge in [0.15, 0.2) is 0 Å². The average molecular weight is 397 g/mol. The van der Waals surface area contributed by atoms with Crippen LogP contribution in [0.25, 0.3) is 0 Å². The summed E-state index contributed by atoms with van der Waals surface area (Å²) in [6.07, 6.45) is 1.60. The van der Waals surface area contributed by atoms with Gasteiger partial charge in [0, 0.05) is 17.2 Å². The van der Waals surface area contributed by atoms with E-state index in [1.54, 1.807) is 30.5 Å². The van der Waals surface area contributed by atoms with Gasteiger partial charge in [-0.05, 0) is 36.4 Å². The highest BCUT2D eigenvalue weighted by Crippen LogP contribution is 2.39. The summed E-state index contributed by atoms with van der Waals surface area (Å²) >= 11 is 1.33. The van der Waals surface area contributed by atoms with Crippen LogP contribution in [-0.4, -0.2) is 23.3 Å². The number of anilines is 2. The van der Waals surface area contributed by atoms with Gasteiger partial charge in [0.25, 0.3) is 5.91 Å². The van der Waals surface area contributed by atoms with E-state index in [1.807, 2.05) is 12.1 Å². The van der Waals surface area contributed by atoms with Crippen molar-refractivity contribution in [2.24, 2.45) is 0 Å². The van der Waals surface area contributed by atoms with Crippen molar-refractivity contribution in [1.29, 1.82) is 0 Å². The zero-order chi connectivity index (χ0) is 19.7. The summed E-state index contributed by atoms with van der Waals surface area (Å²) in [7, 11) is 0. The smallest absolute Gasteiger partial charge is 0.259 e. The van der Waals surface area contributed by atoms with Gasteiger partial charge in [-0.3, -0.25) is 14.5 Å². The molecular formula is C20H13F2N3O2S. The fourth-order valence-electron chi connectivity index (χ4n) is 2.84. The SMILES string of the molecule is O=C(CN1C(=O)c2ccccc2Sc2ncccc21)Nc1cc(F)ccc1F. The number of nitrogens with zero attached hydrogens (tertiary/aromatic N) is 2. The van der Waals surface area contributed by atoms with E-state index >= 15 is 0 Å². The largest absolute Gasteiger partial charge is 0.322 e. The Morgan fingerprint density at radius 2 is 1.93 bits per heavy atom. The number of hydrogen-bond acceptors (Lipinski definition) is 4. The number of amides is 2. The van der Waals surface area contributed by atoms with Crippen molar-refractivity contribution in [2.75, 3.05) is 16.8 Å². The minimum atomic E-state index is -0.764. The van der Waals surface area contributed by atoms with Crippen LogP contribution in [-0.2, 0) is 4.79 Å². The van der Waals surface area contributed by atoms with Crippen LogP contribution in [0.3, 0.4) is 0 Å². The number of rotatable bonds is 3. The standard InChI is InChI=1S/C20H13F2N3O2S/c21-12-7-8-14(22)15(10-12)24-18(26)11-25-16-5-3-9-23-19(16)28-17-6-2-1-4-13(17)20(25)27/h1-10H,11H2,(H,24,26). The van der Waals surface area contributed by atoms with E-state index in [2.05, 4.69) is 10.3 Å². The molecule has 1 aliphatic rings. The summed E-state index contributed by atoms with van der Waals surface area (Å²) in [5.41, 5.74) is 0.632. The Labute approximate surface area is 163 Å². The summed E-state index contributed by atoms with van der Waals surface area (Å²) in [5.74, 6) is -2.47. The highest BCUT2D eigenvalue weighted by Gasteiger charge is 2.29. The highest BCUT2D eigenvalue weighted by atomic mass is 32.2. The number of halogens is 2. The van der Waals surface area contributed by atoms with Gasteiger partial charge < -0.3 is 5.32 Å². The number of hydrogen-bond donors (Lipinski definition) is 1. The van der Waals surface area contributed by atoms with Crippen LogP contribution in [0.2, 0.25) is 0 Å². The predicted molar refractivity (Wildman–Crippen MR) is 101 cm³/mol. The van der Waals surface area contributed by atoms with Gasteiger partial charge in [-0.15, -0.1) is 0 Å². The first-order valence-corrected chi connectivity index (χ1v) is 9.13. The van der Waals surface area contributed by atoms with Gasteiger partial charge in [0.1, 0.15) is 23.2 Å². The summed E-state index contributed by atoms with van der Waals surface area (Å²) in [5, 5.41) is 2.89. The summed E-state index contributed by atoms with van der Waals surface area (Å²) in [4.78, 5) is 31.9. The normalized spacial score (nSPS) is 12.8. The molecule has 1 aliphatic heterocycles. The monoisotopic (exact) mass is 397 g/mol. The van der Waals surface area contributed by atoms with E-state index in [4.69, 9.17) is 0 Å². The van der Waals surface area contributed by atoms with Crippen LogP contribution in [0.1, 0.15) is 10.4 Å². The third kappa shape index (κ3) is 3.46. The van der Waals surface area contributed by atoms with Crippen molar-refractivity contribution in [3.63, 3.8) is 0 Å². The molecule has 0 saturated heterocycles. The number of carbonyl (C=O) groups excluding carboxylic acids is 2. The van der Waals surface area contributed by atoms with Crippen molar-refractivity contribution >= 4 is 35.0 Å². The molecule has 0 unspecified atom stereocenters. The summed E-state index contributed by atoms with van der Waals surface area (Å²) in [6, 6.07) is 13.2. The molecular weight excluding hydrogens is 384 g/mol. The second-order valence-corrected chi connectivity index (χ2v) is 7.02. The Hall–Kier alpha value is -3.26. The molecule has 1 aromatic heterocycles. The first kappa shape index (κ1) is 18.1. The molecule has 0 aliphatic carbocycles. The van der Waals surface area contributed by atoms with E-state index in [0.717, 1.165) is 23.1 Å². The maximum absolute atomic E-state index is 13.8. The number of carbonyl (C=O) groups is 2. The van der Waals surface area contributed by atoms with Crippen LogP contribution < -0.4 is 10.2 Å². The molecule has 0 spiro atoms. The molecule has 2 amide bonds. The predicted octanol–water partition coefficient (Wildman–Crippen LogP) is 4.11. The van der Waals surface area contributed by atoms with Crippen molar-refractivity contribution in [3.05, 3.63) is 78.0 Å². The molecule has 0 atom stereocenters. The van der Waals surface area contributed by atoms with Crippen LogP contribution >= 0.6 is 11.8 Å². The fourth-order valence-corrected chi connectivity index (χ4v) is 3.86. The van der Waals surface area contributed by atoms with Gasteiger partial charge in [0.05, 0.1) is 16.9 Å². The molecule has 140 valence electrons. The van der Waals surface area contributed by atoms with Gasteiger partial charge in [0.2, 0.25) is 5.91 Å². The van der Waals surface area contributed by atoms with E-state index in [-0.39, 0.29) is 18.1 Å². The minimum absolute atomic E-state index is 0.284. The number of aromatic nitrogens is 1. The maximum atomic E-state index is 13.8. The lowest BCUT2D eigenvalue weighted by Crippen LogP contribution is -2.38. The van der Waals surface area contributed by atoms with E-state index in [9.17, 15) is 18.4 Å². The Morgan fingerprint density at radius 1 is 1.11 bits per heavy atom. The Kier molecular flexibility index (Phi) is 4.79. The number of nitrogens with one attached hydrogen (secondary N) is 1. The topological polar surface area (TPSA) is 62.3 Å². The first-order valence-electron chi connectivity index (χ1n) is 8.31. The first-order chi connectivity index (χ1) is 13.5. The van der Waals surface area contributed by atoms with Crippen molar-refractivity contribution in [2.45, 2.75) is 9.92 Å². The van der Waals surface area contributed by atoms with E-state index in [1.165, 1.54) is 16.7 Å².